The molecule has 4 unspecified atom stereocenters. The molecule has 4 atom stereocenters. The van der Waals surface area contributed by atoms with Gasteiger partial charge in [0.1, 0.15) is 9.84 Å². The van der Waals surface area contributed by atoms with Gasteiger partial charge in [-0.1, -0.05) is 32.6 Å². The van der Waals surface area contributed by atoms with Crippen LogP contribution in [0.4, 0.5) is 4.79 Å². The number of sulfone groups is 1. The summed E-state index contributed by atoms with van der Waals surface area (Å²) in [5.41, 5.74) is 0. The maximum Gasteiger partial charge on any atom is 0.315 e. The first-order chi connectivity index (χ1) is 10.4. The van der Waals surface area contributed by atoms with E-state index in [2.05, 4.69) is 17.6 Å². The van der Waals surface area contributed by atoms with Crippen molar-refractivity contribution in [3.05, 3.63) is 0 Å². The minimum atomic E-state index is -3.01. The Morgan fingerprint density at radius 1 is 1.05 bits per heavy atom. The number of hydrogen-bond donors (Lipinski definition) is 2. The Morgan fingerprint density at radius 3 is 2.45 bits per heavy atom. The first-order valence-electron chi connectivity index (χ1n) is 8.66. The largest absolute Gasteiger partial charge is 0.335 e. The van der Waals surface area contributed by atoms with Crippen LogP contribution < -0.4 is 10.6 Å². The molecule has 0 bridgehead atoms. The van der Waals surface area contributed by atoms with E-state index in [0.717, 1.165) is 32.1 Å². The average Bonchev–Trinajstić information content (AvgIpc) is 2.47. The van der Waals surface area contributed by atoms with Gasteiger partial charge in [0.25, 0.3) is 0 Å². The number of nitrogens with one attached hydrogen (secondary N) is 2. The molecule has 0 aromatic heterocycles. The van der Waals surface area contributed by atoms with Gasteiger partial charge in [-0.2, -0.15) is 0 Å². The fourth-order valence-corrected chi connectivity index (χ4v) is 5.12. The van der Waals surface area contributed by atoms with Crippen molar-refractivity contribution in [2.45, 2.75) is 82.0 Å². The molecule has 2 amide bonds. The monoisotopic (exact) mass is 330 g/mol. The third-order valence-electron chi connectivity index (χ3n) is 5.32. The van der Waals surface area contributed by atoms with Gasteiger partial charge in [0.2, 0.25) is 0 Å². The van der Waals surface area contributed by atoms with Gasteiger partial charge in [-0.15, -0.1) is 0 Å². The molecule has 2 rings (SSSR count). The first-order valence-corrected chi connectivity index (χ1v) is 10.6. The Bertz CT molecular complexity index is 478. The molecule has 2 N–H and O–H groups in total. The van der Waals surface area contributed by atoms with Crippen LogP contribution in [-0.4, -0.2) is 38.0 Å². The molecule has 0 heterocycles. The van der Waals surface area contributed by atoms with Crippen LogP contribution in [0.15, 0.2) is 0 Å². The number of rotatable bonds is 4. The summed E-state index contributed by atoms with van der Waals surface area (Å²) in [7, 11) is -3.01. The maximum absolute atomic E-state index is 12.2. The van der Waals surface area contributed by atoms with Crippen LogP contribution in [0.25, 0.3) is 0 Å². The van der Waals surface area contributed by atoms with Crippen molar-refractivity contribution in [3.8, 4) is 0 Å². The van der Waals surface area contributed by atoms with Gasteiger partial charge in [0.15, 0.2) is 0 Å². The van der Waals surface area contributed by atoms with Crippen molar-refractivity contribution >= 4 is 15.9 Å². The normalized spacial score (nSPS) is 33.2. The summed E-state index contributed by atoms with van der Waals surface area (Å²) >= 11 is 0. The van der Waals surface area contributed by atoms with Gasteiger partial charge in [-0.25, -0.2) is 13.2 Å². The minimum absolute atomic E-state index is 0.0165. The van der Waals surface area contributed by atoms with Crippen molar-refractivity contribution in [3.63, 3.8) is 0 Å². The van der Waals surface area contributed by atoms with Crippen LogP contribution in [0.5, 0.6) is 0 Å². The van der Waals surface area contributed by atoms with Gasteiger partial charge in [0.05, 0.1) is 5.25 Å². The number of amides is 2. The first kappa shape index (κ1) is 17.6. The predicted molar refractivity (Wildman–Crippen MR) is 88.6 cm³/mol. The molecule has 0 aromatic rings. The zero-order valence-electron chi connectivity index (χ0n) is 13.8. The second-order valence-electron chi connectivity index (χ2n) is 6.99. The lowest BCUT2D eigenvalue weighted by molar-refractivity contribution is 0.209. The van der Waals surface area contributed by atoms with Crippen molar-refractivity contribution in [2.75, 3.05) is 6.26 Å². The molecule has 6 heteroatoms. The van der Waals surface area contributed by atoms with E-state index in [1.165, 1.54) is 25.5 Å². The van der Waals surface area contributed by atoms with Gasteiger partial charge in [-0.3, -0.25) is 0 Å². The molecule has 128 valence electrons. The van der Waals surface area contributed by atoms with Crippen molar-refractivity contribution in [2.24, 2.45) is 5.92 Å². The summed E-state index contributed by atoms with van der Waals surface area (Å²) in [5.74, 6) is 0.578. The van der Waals surface area contributed by atoms with E-state index in [4.69, 9.17) is 0 Å². The van der Waals surface area contributed by atoms with E-state index in [-0.39, 0.29) is 23.4 Å². The Balaban J connectivity index is 1.83. The predicted octanol–water partition coefficient (Wildman–Crippen LogP) is 2.61. The second-order valence-corrected chi connectivity index (χ2v) is 9.32. The molecule has 2 fully saturated rings. The highest BCUT2D eigenvalue weighted by Crippen LogP contribution is 2.27. The lowest BCUT2D eigenvalue weighted by Crippen LogP contribution is -2.51. The summed E-state index contributed by atoms with van der Waals surface area (Å²) in [6.07, 6.45) is 10.1. The summed E-state index contributed by atoms with van der Waals surface area (Å²) in [4.78, 5) is 12.2. The second kappa shape index (κ2) is 7.66. The van der Waals surface area contributed by atoms with Crippen molar-refractivity contribution in [1.29, 1.82) is 0 Å². The van der Waals surface area contributed by atoms with Gasteiger partial charge in [0, 0.05) is 18.3 Å². The molecular formula is C16H30N2O3S. The topological polar surface area (TPSA) is 75.3 Å². The Labute approximate surface area is 134 Å². The van der Waals surface area contributed by atoms with Crippen LogP contribution in [-0.2, 0) is 9.84 Å². The van der Waals surface area contributed by atoms with E-state index in [0.29, 0.717) is 12.3 Å². The van der Waals surface area contributed by atoms with Crippen molar-refractivity contribution < 1.29 is 13.2 Å². The SMILES string of the molecule is CCC1CCCCC1NC(=O)NC1CCCC(S(C)(=O)=O)C1. The quantitative estimate of drug-likeness (QED) is 0.832. The summed E-state index contributed by atoms with van der Waals surface area (Å²) in [6, 6.07) is 0.134. The number of carbonyl (C=O) groups excluding carboxylic acids is 1. The molecule has 0 aliphatic heterocycles. The van der Waals surface area contributed by atoms with Crippen LogP contribution >= 0.6 is 0 Å². The number of carbonyl (C=O) groups is 1. The third kappa shape index (κ3) is 4.86. The fourth-order valence-electron chi connectivity index (χ4n) is 3.95. The van der Waals surface area contributed by atoms with Crippen LogP contribution in [0, 0.1) is 5.92 Å². The molecule has 2 saturated carbocycles. The zero-order valence-corrected chi connectivity index (χ0v) is 14.6. The molecule has 2 aliphatic carbocycles. The zero-order chi connectivity index (χ0) is 16.2. The van der Waals surface area contributed by atoms with E-state index in [9.17, 15) is 13.2 Å². The molecule has 0 spiro atoms. The van der Waals surface area contributed by atoms with Crippen LogP contribution in [0.2, 0.25) is 0 Å². The van der Waals surface area contributed by atoms with E-state index < -0.39 is 9.84 Å². The average molecular weight is 330 g/mol. The van der Waals surface area contributed by atoms with Crippen molar-refractivity contribution in [1.82, 2.24) is 10.6 Å². The highest BCUT2D eigenvalue weighted by Gasteiger charge is 2.30. The summed E-state index contributed by atoms with van der Waals surface area (Å²) < 4.78 is 23.4. The molecular weight excluding hydrogens is 300 g/mol. The highest BCUT2D eigenvalue weighted by atomic mass is 32.2. The molecule has 22 heavy (non-hydrogen) atoms. The summed E-state index contributed by atoms with van der Waals surface area (Å²) in [6.45, 7) is 2.18. The molecule has 0 radical (unpaired) electrons. The van der Waals surface area contributed by atoms with Gasteiger partial charge in [-0.05, 0) is 38.0 Å². The van der Waals surface area contributed by atoms with Crippen LogP contribution in [0.1, 0.15) is 64.7 Å². The summed E-state index contributed by atoms with van der Waals surface area (Å²) in [5, 5.41) is 5.82. The minimum Gasteiger partial charge on any atom is -0.335 e. The standard InChI is InChI=1S/C16H30N2O3S/c1-3-12-7-4-5-10-15(12)18-16(19)17-13-8-6-9-14(11-13)22(2,20)21/h12-15H,3-11H2,1-2H3,(H2,17,18,19). The maximum atomic E-state index is 12.2. The molecule has 2 aliphatic rings. The van der Waals surface area contributed by atoms with E-state index in [1.807, 2.05) is 0 Å². The third-order valence-corrected chi connectivity index (χ3v) is 6.96. The fraction of sp³-hybridized carbons (Fsp3) is 0.938. The molecule has 0 saturated heterocycles. The number of urea groups is 1. The van der Waals surface area contributed by atoms with Gasteiger partial charge >= 0.3 is 6.03 Å². The lowest BCUT2D eigenvalue weighted by Gasteiger charge is -2.33. The highest BCUT2D eigenvalue weighted by molar-refractivity contribution is 7.91. The Hall–Kier alpha value is -0.780. The van der Waals surface area contributed by atoms with Crippen LogP contribution in [0.3, 0.4) is 0 Å². The van der Waals surface area contributed by atoms with E-state index >= 15 is 0 Å². The molecule has 5 nitrogen and oxygen atoms in total. The smallest absolute Gasteiger partial charge is 0.315 e. The van der Waals surface area contributed by atoms with E-state index in [1.54, 1.807) is 0 Å². The number of hydrogen-bond acceptors (Lipinski definition) is 3. The molecule has 0 aromatic carbocycles. The Kier molecular flexibility index (Phi) is 6.12. The Morgan fingerprint density at radius 2 is 1.77 bits per heavy atom. The lowest BCUT2D eigenvalue weighted by atomic mass is 9.83. The van der Waals surface area contributed by atoms with Gasteiger partial charge < -0.3 is 10.6 Å².